The van der Waals surface area contributed by atoms with Gasteiger partial charge < -0.3 is 10.4 Å². The monoisotopic (exact) mass is 281 g/mol. The van der Waals surface area contributed by atoms with Crippen LogP contribution in [0.5, 0.6) is 0 Å². The lowest BCUT2D eigenvalue weighted by atomic mass is 9.96. The average Bonchev–Trinajstić information content (AvgIpc) is 2.43. The minimum atomic E-state index is 0.238. The van der Waals surface area contributed by atoms with Crippen LogP contribution < -0.4 is 5.32 Å². The molecule has 1 aromatic carbocycles. The van der Waals surface area contributed by atoms with Gasteiger partial charge in [-0.15, -0.1) is 0 Å². The Morgan fingerprint density at radius 3 is 2.26 bits per heavy atom. The van der Waals surface area contributed by atoms with Crippen molar-refractivity contribution in [1.82, 2.24) is 5.32 Å². The van der Waals surface area contributed by atoms with Crippen LogP contribution in [0.2, 0.25) is 0 Å². The maximum atomic E-state index is 9.31. The SMILES string of the molecule is CCNC(c1ccccc1)C(SC(C)CO)C(C)C. The van der Waals surface area contributed by atoms with Gasteiger partial charge in [-0.2, -0.15) is 11.8 Å². The standard InChI is InChI=1S/C16H27NOS/c1-5-17-15(14-9-7-6-8-10-14)16(12(2)3)19-13(4)11-18/h6-10,12-13,15-18H,5,11H2,1-4H3. The Bertz CT molecular complexity index is 342. The molecule has 1 rings (SSSR count). The fourth-order valence-corrected chi connectivity index (χ4v) is 3.58. The molecule has 2 nitrogen and oxygen atoms in total. The highest BCUT2D eigenvalue weighted by Gasteiger charge is 2.27. The van der Waals surface area contributed by atoms with Gasteiger partial charge in [-0.25, -0.2) is 0 Å². The minimum absolute atomic E-state index is 0.238. The molecule has 108 valence electrons. The van der Waals surface area contributed by atoms with E-state index in [0.717, 1.165) is 6.54 Å². The highest BCUT2D eigenvalue weighted by molar-refractivity contribution is 8.00. The van der Waals surface area contributed by atoms with E-state index >= 15 is 0 Å². The Labute approximate surface area is 122 Å². The first-order valence-electron chi connectivity index (χ1n) is 7.14. The van der Waals surface area contributed by atoms with E-state index in [2.05, 4.69) is 63.3 Å². The van der Waals surface area contributed by atoms with Gasteiger partial charge in [0, 0.05) is 16.5 Å². The zero-order valence-corrected chi connectivity index (χ0v) is 13.3. The van der Waals surface area contributed by atoms with E-state index in [1.165, 1.54) is 5.56 Å². The molecule has 3 heteroatoms. The molecule has 0 aliphatic rings. The molecule has 3 atom stereocenters. The lowest BCUT2D eigenvalue weighted by Gasteiger charge is -2.32. The molecular weight excluding hydrogens is 254 g/mol. The molecule has 0 bridgehead atoms. The maximum Gasteiger partial charge on any atom is 0.0547 e. The Kier molecular flexibility index (Phi) is 7.51. The molecule has 1 aromatic rings. The number of rotatable bonds is 8. The van der Waals surface area contributed by atoms with Crippen LogP contribution in [0.3, 0.4) is 0 Å². The van der Waals surface area contributed by atoms with E-state index in [4.69, 9.17) is 0 Å². The van der Waals surface area contributed by atoms with Crippen molar-refractivity contribution in [2.45, 2.75) is 44.2 Å². The molecule has 0 aliphatic carbocycles. The van der Waals surface area contributed by atoms with Gasteiger partial charge in [0.05, 0.1) is 6.61 Å². The third kappa shape index (κ3) is 5.17. The molecular formula is C16H27NOS. The fourth-order valence-electron chi connectivity index (χ4n) is 2.24. The largest absolute Gasteiger partial charge is 0.395 e. The van der Waals surface area contributed by atoms with Gasteiger partial charge in [0.1, 0.15) is 0 Å². The third-order valence-corrected chi connectivity index (χ3v) is 4.96. The second-order valence-corrected chi connectivity index (χ2v) is 6.91. The Balaban J connectivity index is 2.92. The lowest BCUT2D eigenvalue weighted by Crippen LogP contribution is -2.34. The number of hydrogen-bond donors (Lipinski definition) is 2. The van der Waals surface area contributed by atoms with Crippen molar-refractivity contribution in [2.24, 2.45) is 5.92 Å². The highest BCUT2D eigenvalue weighted by Crippen LogP contribution is 2.34. The van der Waals surface area contributed by atoms with Gasteiger partial charge in [-0.1, -0.05) is 58.0 Å². The summed E-state index contributed by atoms with van der Waals surface area (Å²) in [6.45, 7) is 9.95. The highest BCUT2D eigenvalue weighted by atomic mass is 32.2. The lowest BCUT2D eigenvalue weighted by molar-refractivity contribution is 0.299. The van der Waals surface area contributed by atoms with Crippen LogP contribution in [0.4, 0.5) is 0 Å². The van der Waals surface area contributed by atoms with Gasteiger partial charge in [-0.05, 0) is 18.0 Å². The van der Waals surface area contributed by atoms with E-state index < -0.39 is 0 Å². The first-order valence-corrected chi connectivity index (χ1v) is 8.09. The average molecular weight is 281 g/mol. The van der Waals surface area contributed by atoms with Crippen molar-refractivity contribution in [3.63, 3.8) is 0 Å². The first-order chi connectivity index (χ1) is 9.10. The molecule has 0 aromatic heterocycles. The molecule has 0 fully saturated rings. The molecule has 0 radical (unpaired) electrons. The molecule has 0 heterocycles. The van der Waals surface area contributed by atoms with Crippen molar-refractivity contribution in [2.75, 3.05) is 13.2 Å². The molecule has 3 unspecified atom stereocenters. The van der Waals surface area contributed by atoms with E-state index in [0.29, 0.717) is 17.2 Å². The number of hydrogen-bond acceptors (Lipinski definition) is 3. The van der Waals surface area contributed by atoms with Crippen LogP contribution in [0, 0.1) is 5.92 Å². The predicted octanol–water partition coefficient (Wildman–Crippen LogP) is 3.48. The summed E-state index contributed by atoms with van der Waals surface area (Å²) in [6, 6.07) is 11.0. The Morgan fingerprint density at radius 2 is 1.79 bits per heavy atom. The number of thioether (sulfide) groups is 1. The summed E-state index contributed by atoms with van der Waals surface area (Å²) < 4.78 is 0. The summed E-state index contributed by atoms with van der Waals surface area (Å²) in [7, 11) is 0. The van der Waals surface area contributed by atoms with E-state index in [1.54, 1.807) is 0 Å². The maximum absolute atomic E-state index is 9.31. The summed E-state index contributed by atoms with van der Waals surface area (Å²) in [6.07, 6.45) is 0. The minimum Gasteiger partial charge on any atom is -0.395 e. The van der Waals surface area contributed by atoms with Crippen LogP contribution in [-0.4, -0.2) is 28.8 Å². The third-order valence-electron chi connectivity index (χ3n) is 3.21. The summed E-state index contributed by atoms with van der Waals surface area (Å²) in [5, 5.41) is 13.7. The topological polar surface area (TPSA) is 32.3 Å². The van der Waals surface area contributed by atoms with Crippen molar-refractivity contribution in [1.29, 1.82) is 0 Å². The van der Waals surface area contributed by atoms with Crippen molar-refractivity contribution >= 4 is 11.8 Å². The van der Waals surface area contributed by atoms with Crippen LogP contribution >= 0.6 is 11.8 Å². The van der Waals surface area contributed by atoms with Gasteiger partial charge in [0.15, 0.2) is 0 Å². The van der Waals surface area contributed by atoms with Gasteiger partial charge >= 0.3 is 0 Å². The smallest absolute Gasteiger partial charge is 0.0547 e. The van der Waals surface area contributed by atoms with E-state index in [-0.39, 0.29) is 11.9 Å². The van der Waals surface area contributed by atoms with Crippen molar-refractivity contribution in [3.05, 3.63) is 35.9 Å². The molecule has 0 saturated carbocycles. The molecule has 0 spiro atoms. The fraction of sp³-hybridized carbons (Fsp3) is 0.625. The molecule has 0 amide bonds. The van der Waals surface area contributed by atoms with Crippen LogP contribution in [0.15, 0.2) is 30.3 Å². The Hall–Kier alpha value is -0.510. The second-order valence-electron chi connectivity index (χ2n) is 5.28. The van der Waals surface area contributed by atoms with Crippen LogP contribution in [-0.2, 0) is 0 Å². The number of aliphatic hydroxyl groups excluding tert-OH is 1. The molecule has 0 saturated heterocycles. The van der Waals surface area contributed by atoms with E-state index in [9.17, 15) is 5.11 Å². The first kappa shape index (κ1) is 16.5. The summed E-state index contributed by atoms with van der Waals surface area (Å²) in [5.41, 5.74) is 1.33. The predicted molar refractivity (Wildman–Crippen MR) is 85.6 cm³/mol. The molecule has 2 N–H and O–H groups in total. The second kappa shape index (κ2) is 8.62. The zero-order chi connectivity index (χ0) is 14.3. The van der Waals surface area contributed by atoms with Crippen molar-refractivity contribution in [3.8, 4) is 0 Å². The van der Waals surface area contributed by atoms with Gasteiger partial charge in [0.25, 0.3) is 0 Å². The summed E-state index contributed by atoms with van der Waals surface area (Å²) in [4.78, 5) is 0. The van der Waals surface area contributed by atoms with Gasteiger partial charge in [-0.3, -0.25) is 0 Å². The normalized spacial score (nSPS) is 16.3. The zero-order valence-electron chi connectivity index (χ0n) is 12.5. The molecule has 19 heavy (non-hydrogen) atoms. The van der Waals surface area contributed by atoms with Crippen LogP contribution in [0.25, 0.3) is 0 Å². The molecule has 0 aliphatic heterocycles. The number of benzene rings is 1. The summed E-state index contributed by atoms with van der Waals surface area (Å²) in [5.74, 6) is 0.559. The number of aliphatic hydroxyl groups is 1. The van der Waals surface area contributed by atoms with Gasteiger partial charge in [0.2, 0.25) is 0 Å². The quantitative estimate of drug-likeness (QED) is 0.765. The van der Waals surface area contributed by atoms with Crippen molar-refractivity contribution < 1.29 is 5.11 Å². The van der Waals surface area contributed by atoms with Crippen LogP contribution in [0.1, 0.15) is 39.3 Å². The Morgan fingerprint density at radius 1 is 1.16 bits per heavy atom. The van der Waals surface area contributed by atoms with E-state index in [1.807, 2.05) is 11.8 Å². The summed E-state index contributed by atoms with van der Waals surface area (Å²) >= 11 is 1.88. The number of nitrogens with one attached hydrogen (secondary N) is 1.